The second kappa shape index (κ2) is 7.18. The summed E-state index contributed by atoms with van der Waals surface area (Å²) in [7, 11) is 0. The summed E-state index contributed by atoms with van der Waals surface area (Å²) < 4.78 is 0. The van der Waals surface area contributed by atoms with Gasteiger partial charge in [-0.15, -0.1) is 0 Å². The molecule has 1 amide bonds. The van der Waals surface area contributed by atoms with Crippen molar-refractivity contribution >= 4 is 11.6 Å². The minimum atomic E-state index is -0.207. The average molecular weight is 332 g/mol. The summed E-state index contributed by atoms with van der Waals surface area (Å²) in [5.41, 5.74) is 3.47. The van der Waals surface area contributed by atoms with E-state index in [0.29, 0.717) is 17.7 Å². The summed E-state index contributed by atoms with van der Waals surface area (Å²) in [6.45, 7) is 4.47. The molecule has 4 nitrogen and oxygen atoms in total. The predicted octanol–water partition coefficient (Wildman–Crippen LogP) is 4.02. The molecule has 0 unspecified atom stereocenters. The summed E-state index contributed by atoms with van der Waals surface area (Å²) in [5.74, 6) is -0.137. The fraction of sp³-hybridized carbons (Fsp3) is 0.143. The van der Waals surface area contributed by atoms with Crippen LogP contribution in [-0.2, 0) is 0 Å². The van der Waals surface area contributed by atoms with E-state index >= 15 is 0 Å². The summed E-state index contributed by atoms with van der Waals surface area (Å²) in [5, 5.41) is 0. The van der Waals surface area contributed by atoms with Crippen LogP contribution in [0.1, 0.15) is 22.8 Å². The topological polar surface area (TPSA) is 53.2 Å². The molecule has 126 valence electrons. The largest absolute Gasteiger partial charge is 0.328 e. The van der Waals surface area contributed by atoms with Crippen molar-refractivity contribution in [1.82, 2.24) is 4.98 Å². The van der Waals surface area contributed by atoms with Gasteiger partial charge in [-0.25, -0.2) is 0 Å². The number of carbonyl (C=O) groups is 1. The van der Waals surface area contributed by atoms with Gasteiger partial charge in [0.2, 0.25) is 0 Å². The molecule has 4 heteroatoms. The van der Waals surface area contributed by atoms with Gasteiger partial charge in [-0.2, -0.15) is 0 Å². The highest BCUT2D eigenvalue weighted by Crippen LogP contribution is 2.20. The van der Waals surface area contributed by atoms with Crippen LogP contribution in [0.15, 0.2) is 71.7 Å². The van der Waals surface area contributed by atoms with Crippen molar-refractivity contribution < 1.29 is 4.79 Å². The van der Waals surface area contributed by atoms with Crippen LogP contribution in [0.4, 0.5) is 5.69 Å². The maximum atomic E-state index is 13.0. The fourth-order valence-corrected chi connectivity index (χ4v) is 2.83. The van der Waals surface area contributed by atoms with Crippen molar-refractivity contribution in [2.24, 2.45) is 0 Å². The highest BCUT2D eigenvalue weighted by atomic mass is 16.2. The Morgan fingerprint density at radius 2 is 1.80 bits per heavy atom. The van der Waals surface area contributed by atoms with Gasteiger partial charge < -0.3 is 9.88 Å². The second-order valence-electron chi connectivity index (χ2n) is 5.89. The van der Waals surface area contributed by atoms with Crippen LogP contribution in [0.25, 0.3) is 11.1 Å². The Bertz CT molecular complexity index is 945. The number of H-pyrrole nitrogens is 1. The number of aryl methyl sites for hydroxylation is 1. The molecule has 2 aromatic carbocycles. The van der Waals surface area contributed by atoms with Crippen LogP contribution in [0.3, 0.4) is 0 Å². The molecule has 0 fully saturated rings. The molecule has 0 saturated heterocycles. The number of nitrogens with one attached hydrogen (secondary N) is 1. The minimum absolute atomic E-state index is 0.137. The number of nitrogens with zero attached hydrogens (tertiary/aromatic N) is 1. The number of pyridine rings is 1. The Labute approximate surface area is 146 Å². The molecular weight excluding hydrogens is 312 g/mol. The van der Waals surface area contributed by atoms with Crippen LogP contribution in [0.2, 0.25) is 0 Å². The smallest absolute Gasteiger partial charge is 0.259 e. The first-order valence-corrected chi connectivity index (χ1v) is 8.27. The molecule has 0 aliphatic rings. The van der Waals surface area contributed by atoms with Gasteiger partial charge in [-0.05, 0) is 43.2 Å². The number of aromatic nitrogens is 1. The maximum absolute atomic E-state index is 13.0. The van der Waals surface area contributed by atoms with Crippen LogP contribution in [0.5, 0.6) is 0 Å². The molecule has 1 heterocycles. The molecule has 0 bridgehead atoms. The molecule has 0 saturated carbocycles. The van der Waals surface area contributed by atoms with E-state index in [1.807, 2.05) is 68.4 Å². The van der Waals surface area contributed by atoms with E-state index in [-0.39, 0.29) is 11.5 Å². The molecule has 0 radical (unpaired) electrons. The van der Waals surface area contributed by atoms with Gasteiger partial charge in [0, 0.05) is 24.0 Å². The van der Waals surface area contributed by atoms with Crippen molar-refractivity contribution in [2.75, 3.05) is 11.4 Å². The van der Waals surface area contributed by atoms with Crippen molar-refractivity contribution in [3.8, 4) is 11.1 Å². The Morgan fingerprint density at radius 3 is 2.48 bits per heavy atom. The monoisotopic (exact) mass is 332 g/mol. The number of hydrogen-bond acceptors (Lipinski definition) is 2. The zero-order valence-electron chi connectivity index (χ0n) is 14.3. The number of benzene rings is 2. The van der Waals surface area contributed by atoms with Gasteiger partial charge in [0.25, 0.3) is 11.5 Å². The van der Waals surface area contributed by atoms with Gasteiger partial charge in [-0.3, -0.25) is 9.59 Å². The van der Waals surface area contributed by atoms with E-state index in [9.17, 15) is 9.59 Å². The molecule has 25 heavy (non-hydrogen) atoms. The first kappa shape index (κ1) is 16.7. The lowest BCUT2D eigenvalue weighted by molar-refractivity contribution is 0.0988. The Hall–Kier alpha value is -3.14. The highest BCUT2D eigenvalue weighted by molar-refractivity contribution is 6.06. The molecule has 3 aromatic rings. The quantitative estimate of drug-likeness (QED) is 0.784. The Morgan fingerprint density at radius 1 is 1.04 bits per heavy atom. The van der Waals surface area contributed by atoms with Crippen molar-refractivity contribution in [2.45, 2.75) is 13.8 Å². The van der Waals surface area contributed by atoms with Crippen LogP contribution in [0, 0.1) is 6.92 Å². The molecule has 0 aliphatic heterocycles. The number of hydrogen-bond donors (Lipinski definition) is 1. The van der Waals surface area contributed by atoms with Crippen molar-refractivity contribution in [3.05, 3.63) is 88.3 Å². The van der Waals surface area contributed by atoms with Crippen LogP contribution in [-0.4, -0.2) is 17.4 Å². The Kier molecular flexibility index (Phi) is 4.80. The third-order valence-corrected chi connectivity index (χ3v) is 4.11. The number of aromatic amines is 1. The van der Waals surface area contributed by atoms with Crippen molar-refractivity contribution in [3.63, 3.8) is 0 Å². The number of amides is 1. The molecule has 3 rings (SSSR count). The van der Waals surface area contributed by atoms with E-state index in [0.717, 1.165) is 16.8 Å². The van der Waals surface area contributed by atoms with Gasteiger partial charge in [-0.1, -0.05) is 42.5 Å². The minimum Gasteiger partial charge on any atom is -0.328 e. The SMILES string of the molecule is CCN(C(=O)c1c[nH]c(=O)c(-c2ccccc2)c1)c1cccc(C)c1. The van der Waals surface area contributed by atoms with Gasteiger partial charge in [0.1, 0.15) is 0 Å². The Balaban J connectivity index is 2.01. The van der Waals surface area contributed by atoms with Crippen LogP contribution < -0.4 is 10.5 Å². The number of anilines is 1. The highest BCUT2D eigenvalue weighted by Gasteiger charge is 2.18. The lowest BCUT2D eigenvalue weighted by Gasteiger charge is -2.21. The van der Waals surface area contributed by atoms with E-state index in [1.54, 1.807) is 11.0 Å². The number of rotatable bonds is 4. The molecule has 0 atom stereocenters. The molecule has 0 aliphatic carbocycles. The first-order chi connectivity index (χ1) is 12.1. The van der Waals surface area contributed by atoms with E-state index in [2.05, 4.69) is 4.98 Å². The van der Waals surface area contributed by atoms with Gasteiger partial charge in [0.05, 0.1) is 5.56 Å². The summed E-state index contributed by atoms with van der Waals surface area (Å²) >= 11 is 0. The fourth-order valence-electron chi connectivity index (χ4n) is 2.83. The number of carbonyl (C=O) groups excluding carboxylic acids is 1. The lowest BCUT2D eigenvalue weighted by Crippen LogP contribution is -2.31. The molecule has 0 spiro atoms. The third kappa shape index (κ3) is 3.53. The molecular formula is C21H20N2O2. The third-order valence-electron chi connectivity index (χ3n) is 4.11. The van der Waals surface area contributed by atoms with E-state index < -0.39 is 0 Å². The summed E-state index contributed by atoms with van der Waals surface area (Å²) in [4.78, 5) is 29.5. The van der Waals surface area contributed by atoms with Crippen LogP contribution >= 0.6 is 0 Å². The average Bonchev–Trinajstić information content (AvgIpc) is 2.63. The zero-order valence-corrected chi connectivity index (χ0v) is 14.3. The summed E-state index contributed by atoms with van der Waals surface area (Å²) in [6, 6.07) is 18.8. The lowest BCUT2D eigenvalue weighted by atomic mass is 10.1. The van der Waals surface area contributed by atoms with Crippen molar-refractivity contribution in [1.29, 1.82) is 0 Å². The van der Waals surface area contributed by atoms with E-state index in [4.69, 9.17) is 0 Å². The standard InChI is InChI=1S/C21H20N2O2/c1-3-23(18-11-7-8-15(2)12-18)21(25)17-13-19(20(24)22-14-17)16-9-5-4-6-10-16/h4-14H,3H2,1-2H3,(H,22,24). The molecule has 1 N–H and O–H groups in total. The normalized spacial score (nSPS) is 10.5. The molecule has 1 aromatic heterocycles. The van der Waals surface area contributed by atoms with E-state index in [1.165, 1.54) is 6.20 Å². The first-order valence-electron chi connectivity index (χ1n) is 8.27. The second-order valence-corrected chi connectivity index (χ2v) is 5.89. The summed E-state index contributed by atoms with van der Waals surface area (Å²) in [6.07, 6.45) is 1.48. The predicted molar refractivity (Wildman–Crippen MR) is 101 cm³/mol. The maximum Gasteiger partial charge on any atom is 0.259 e. The zero-order chi connectivity index (χ0) is 17.8. The van der Waals surface area contributed by atoms with Gasteiger partial charge in [0.15, 0.2) is 0 Å². The van der Waals surface area contributed by atoms with Gasteiger partial charge >= 0.3 is 0 Å².